The average molecular weight is 344 g/mol. The summed E-state index contributed by atoms with van der Waals surface area (Å²) in [6.45, 7) is 1.63. The van der Waals surface area contributed by atoms with Gasteiger partial charge in [0.15, 0.2) is 0 Å². The van der Waals surface area contributed by atoms with E-state index in [4.69, 9.17) is 20.3 Å². The standard InChI is InChI=1S/C18H20N2O5/c1-12(17(21)22)11-25-16-9-5-14(6-10-16)20(18(19)23)13-3-7-15(24-2)8-4-13/h3-10,12H,11H2,1-2H3,(H2,19,23)(H,21,22). The number of methoxy groups -OCH3 is 1. The molecule has 3 N–H and O–H groups in total. The summed E-state index contributed by atoms with van der Waals surface area (Å²) in [6.07, 6.45) is 0. The smallest absolute Gasteiger partial charge is 0.323 e. The summed E-state index contributed by atoms with van der Waals surface area (Å²) in [7, 11) is 1.56. The molecule has 0 heterocycles. The van der Waals surface area contributed by atoms with Gasteiger partial charge in [-0.25, -0.2) is 4.79 Å². The van der Waals surface area contributed by atoms with Gasteiger partial charge in [-0.2, -0.15) is 0 Å². The zero-order valence-electron chi connectivity index (χ0n) is 14.0. The SMILES string of the molecule is COc1ccc(N(C(N)=O)c2ccc(OCC(C)C(=O)O)cc2)cc1. The molecule has 0 saturated heterocycles. The van der Waals surface area contributed by atoms with E-state index < -0.39 is 17.9 Å². The minimum Gasteiger partial charge on any atom is -0.497 e. The van der Waals surface area contributed by atoms with E-state index in [0.717, 1.165) is 0 Å². The van der Waals surface area contributed by atoms with Crippen LogP contribution in [0, 0.1) is 5.92 Å². The predicted molar refractivity (Wildman–Crippen MR) is 93.5 cm³/mol. The zero-order valence-corrected chi connectivity index (χ0v) is 14.0. The molecule has 2 amide bonds. The summed E-state index contributed by atoms with van der Waals surface area (Å²) >= 11 is 0. The van der Waals surface area contributed by atoms with Gasteiger partial charge in [0.2, 0.25) is 0 Å². The highest BCUT2D eigenvalue weighted by molar-refractivity contribution is 5.98. The van der Waals surface area contributed by atoms with Crippen LogP contribution in [-0.4, -0.2) is 30.8 Å². The number of hydrogen-bond donors (Lipinski definition) is 2. The lowest BCUT2D eigenvalue weighted by molar-refractivity contribution is -0.142. The van der Waals surface area contributed by atoms with Crippen molar-refractivity contribution in [3.05, 3.63) is 48.5 Å². The van der Waals surface area contributed by atoms with Gasteiger partial charge in [0.1, 0.15) is 18.1 Å². The molecular weight excluding hydrogens is 324 g/mol. The summed E-state index contributed by atoms with van der Waals surface area (Å²) in [5.41, 5.74) is 6.66. The Bertz CT molecular complexity index is 728. The molecule has 7 nitrogen and oxygen atoms in total. The quantitative estimate of drug-likeness (QED) is 0.804. The Kier molecular flexibility index (Phi) is 5.84. The van der Waals surface area contributed by atoms with Gasteiger partial charge in [0.25, 0.3) is 0 Å². The van der Waals surface area contributed by atoms with Crippen molar-refractivity contribution < 1.29 is 24.2 Å². The molecule has 0 aliphatic rings. The molecule has 2 aromatic carbocycles. The number of anilines is 2. The van der Waals surface area contributed by atoms with Crippen LogP contribution in [0.2, 0.25) is 0 Å². The average Bonchev–Trinajstić information content (AvgIpc) is 2.61. The van der Waals surface area contributed by atoms with Crippen LogP contribution in [0.5, 0.6) is 11.5 Å². The number of carboxylic acid groups (broad SMARTS) is 1. The number of nitrogens with two attached hydrogens (primary N) is 1. The molecule has 1 unspecified atom stereocenters. The zero-order chi connectivity index (χ0) is 18.4. The van der Waals surface area contributed by atoms with Crippen molar-refractivity contribution in [2.24, 2.45) is 11.7 Å². The fraction of sp³-hybridized carbons (Fsp3) is 0.222. The Balaban J connectivity index is 2.16. The number of aliphatic carboxylic acids is 1. The molecule has 7 heteroatoms. The largest absolute Gasteiger partial charge is 0.497 e. The lowest BCUT2D eigenvalue weighted by Gasteiger charge is -2.21. The van der Waals surface area contributed by atoms with Crippen molar-refractivity contribution in [3.63, 3.8) is 0 Å². The van der Waals surface area contributed by atoms with Crippen molar-refractivity contribution in [1.29, 1.82) is 0 Å². The fourth-order valence-electron chi connectivity index (χ4n) is 2.12. The maximum atomic E-state index is 11.9. The van der Waals surface area contributed by atoms with E-state index in [1.165, 1.54) is 4.90 Å². The Morgan fingerprint density at radius 1 is 1.04 bits per heavy atom. The second-order valence-electron chi connectivity index (χ2n) is 5.42. The topological polar surface area (TPSA) is 102 Å². The predicted octanol–water partition coefficient (Wildman–Crippen LogP) is 3.01. The molecule has 1 atom stereocenters. The van der Waals surface area contributed by atoms with Crippen molar-refractivity contribution in [3.8, 4) is 11.5 Å². The van der Waals surface area contributed by atoms with Crippen molar-refractivity contribution >= 4 is 23.4 Å². The number of primary amides is 1. The van der Waals surface area contributed by atoms with Gasteiger partial charge in [0, 0.05) is 0 Å². The minimum atomic E-state index is -0.920. The molecule has 0 saturated carbocycles. The van der Waals surface area contributed by atoms with Gasteiger partial charge in [-0.15, -0.1) is 0 Å². The Labute approximate surface area is 145 Å². The molecule has 0 radical (unpaired) electrons. The second-order valence-corrected chi connectivity index (χ2v) is 5.42. The Morgan fingerprint density at radius 2 is 1.52 bits per heavy atom. The highest BCUT2D eigenvalue weighted by Gasteiger charge is 2.16. The number of amides is 2. The summed E-state index contributed by atoms with van der Waals surface area (Å²) in [5.74, 6) is -0.349. The van der Waals surface area contributed by atoms with Crippen LogP contribution < -0.4 is 20.1 Å². The minimum absolute atomic E-state index is 0.0622. The van der Waals surface area contributed by atoms with Crippen molar-refractivity contribution in [1.82, 2.24) is 0 Å². The maximum Gasteiger partial charge on any atom is 0.323 e. The lowest BCUT2D eigenvalue weighted by atomic mass is 10.2. The third-order valence-corrected chi connectivity index (χ3v) is 3.57. The van der Waals surface area contributed by atoms with Crippen LogP contribution in [0.1, 0.15) is 6.92 Å². The summed E-state index contributed by atoms with van der Waals surface area (Å²) in [4.78, 5) is 24.0. The van der Waals surface area contributed by atoms with E-state index >= 15 is 0 Å². The Hall–Kier alpha value is -3.22. The van der Waals surface area contributed by atoms with E-state index in [-0.39, 0.29) is 6.61 Å². The van der Waals surface area contributed by atoms with Gasteiger partial charge >= 0.3 is 12.0 Å². The van der Waals surface area contributed by atoms with Crippen LogP contribution in [0.3, 0.4) is 0 Å². The first-order chi connectivity index (χ1) is 11.9. The van der Waals surface area contributed by atoms with E-state index in [0.29, 0.717) is 22.9 Å². The Morgan fingerprint density at radius 3 is 1.92 bits per heavy atom. The summed E-state index contributed by atoms with van der Waals surface area (Å²) in [5, 5.41) is 8.85. The number of carbonyl (C=O) groups is 2. The van der Waals surface area contributed by atoms with Gasteiger partial charge in [-0.3, -0.25) is 9.69 Å². The normalized spacial score (nSPS) is 11.4. The first-order valence-corrected chi connectivity index (χ1v) is 7.61. The van der Waals surface area contributed by atoms with Gasteiger partial charge in [-0.05, 0) is 55.5 Å². The number of urea groups is 1. The van der Waals surface area contributed by atoms with Crippen molar-refractivity contribution in [2.45, 2.75) is 6.92 Å². The van der Waals surface area contributed by atoms with Gasteiger partial charge in [-0.1, -0.05) is 0 Å². The molecule has 0 aliphatic heterocycles. The van der Waals surface area contributed by atoms with Gasteiger partial charge in [0.05, 0.1) is 24.4 Å². The molecule has 0 aromatic heterocycles. The molecule has 2 aromatic rings. The number of nitrogens with zero attached hydrogens (tertiary/aromatic N) is 1. The molecule has 0 spiro atoms. The first-order valence-electron chi connectivity index (χ1n) is 7.61. The third kappa shape index (κ3) is 4.63. The highest BCUT2D eigenvalue weighted by Crippen LogP contribution is 2.28. The molecule has 25 heavy (non-hydrogen) atoms. The number of ether oxygens (including phenoxy) is 2. The summed E-state index contributed by atoms with van der Waals surface area (Å²) in [6, 6.07) is 13.0. The maximum absolute atomic E-state index is 11.9. The number of rotatable bonds is 7. The molecule has 2 rings (SSSR count). The number of benzene rings is 2. The fourth-order valence-corrected chi connectivity index (χ4v) is 2.12. The molecule has 0 fully saturated rings. The first kappa shape index (κ1) is 18.1. The van der Waals surface area contributed by atoms with E-state index in [9.17, 15) is 9.59 Å². The van der Waals surface area contributed by atoms with Crippen LogP contribution in [-0.2, 0) is 4.79 Å². The summed E-state index contributed by atoms with van der Waals surface area (Å²) < 4.78 is 10.5. The van der Waals surface area contributed by atoms with Crippen molar-refractivity contribution in [2.75, 3.05) is 18.6 Å². The van der Waals surface area contributed by atoms with Crippen LogP contribution >= 0.6 is 0 Å². The van der Waals surface area contributed by atoms with E-state index in [2.05, 4.69) is 0 Å². The van der Waals surface area contributed by atoms with Crippen LogP contribution in [0.15, 0.2) is 48.5 Å². The molecule has 132 valence electrons. The number of hydrogen-bond acceptors (Lipinski definition) is 4. The third-order valence-electron chi connectivity index (χ3n) is 3.57. The molecular formula is C18H20N2O5. The molecule has 0 bridgehead atoms. The second kappa shape index (κ2) is 8.05. The van der Waals surface area contributed by atoms with Crippen LogP contribution in [0.4, 0.5) is 16.2 Å². The number of carbonyl (C=O) groups excluding carboxylic acids is 1. The van der Waals surface area contributed by atoms with Gasteiger partial charge < -0.3 is 20.3 Å². The van der Waals surface area contributed by atoms with E-state index in [1.807, 2.05) is 0 Å². The monoisotopic (exact) mass is 344 g/mol. The van der Waals surface area contributed by atoms with Crippen LogP contribution in [0.25, 0.3) is 0 Å². The molecule has 0 aliphatic carbocycles. The van der Waals surface area contributed by atoms with E-state index in [1.54, 1.807) is 62.6 Å². The number of carboxylic acids is 1. The highest BCUT2D eigenvalue weighted by atomic mass is 16.5. The lowest BCUT2D eigenvalue weighted by Crippen LogP contribution is -2.31.